The molecule has 156 valence electrons. The van der Waals surface area contributed by atoms with Gasteiger partial charge in [0, 0.05) is 28.4 Å². The first-order chi connectivity index (χ1) is 16.4. The minimum absolute atomic E-state index is 0.225. The lowest BCUT2D eigenvalue weighted by molar-refractivity contribution is 0.787. The van der Waals surface area contributed by atoms with Crippen molar-refractivity contribution in [3.8, 4) is 0 Å². The van der Waals surface area contributed by atoms with E-state index in [-0.39, 0.29) is 6.71 Å². The van der Waals surface area contributed by atoms with Crippen molar-refractivity contribution in [2.45, 2.75) is 12.5 Å². The minimum atomic E-state index is 0.225. The number of nitrogens with zero attached hydrogens (tertiary/aromatic N) is 2. The van der Waals surface area contributed by atoms with E-state index in [0.717, 1.165) is 6.42 Å². The lowest BCUT2D eigenvalue weighted by atomic mass is 9.33. The normalized spacial score (nSPS) is 17.5. The molecule has 2 nitrogen and oxygen atoms in total. The van der Waals surface area contributed by atoms with E-state index in [4.69, 9.17) is 0 Å². The number of para-hydroxylation sites is 3. The molecule has 1 aliphatic carbocycles. The van der Waals surface area contributed by atoms with E-state index in [1.165, 1.54) is 44.8 Å². The van der Waals surface area contributed by atoms with Gasteiger partial charge < -0.3 is 9.80 Å². The molecule has 2 aliphatic heterocycles. The predicted octanol–water partition coefficient (Wildman–Crippen LogP) is 5.32. The van der Waals surface area contributed by atoms with Crippen molar-refractivity contribution >= 4 is 51.5 Å². The molecule has 33 heavy (non-hydrogen) atoms. The molecule has 2 heterocycles. The summed E-state index contributed by atoms with van der Waals surface area (Å²) in [7, 11) is 0. The highest BCUT2D eigenvalue weighted by molar-refractivity contribution is 7.00. The lowest BCUT2D eigenvalue weighted by Gasteiger charge is -2.46. The Morgan fingerprint density at radius 1 is 0.606 bits per heavy atom. The van der Waals surface area contributed by atoms with Crippen LogP contribution in [0.4, 0.5) is 28.4 Å². The maximum absolute atomic E-state index is 2.56. The fourth-order valence-electron chi connectivity index (χ4n) is 5.84. The highest BCUT2D eigenvalue weighted by Crippen LogP contribution is 2.42. The van der Waals surface area contributed by atoms with Crippen molar-refractivity contribution < 1.29 is 0 Å². The molecule has 0 bridgehead atoms. The Labute approximate surface area is 195 Å². The average Bonchev–Trinajstić information content (AvgIpc) is 2.89. The van der Waals surface area contributed by atoms with Crippen LogP contribution in [0.15, 0.2) is 121 Å². The Bertz CT molecular complexity index is 1420. The number of anilines is 5. The van der Waals surface area contributed by atoms with Crippen molar-refractivity contribution in [3.05, 3.63) is 121 Å². The highest BCUT2D eigenvalue weighted by atomic mass is 15.2. The summed E-state index contributed by atoms with van der Waals surface area (Å²) in [5, 5.41) is 0. The summed E-state index contributed by atoms with van der Waals surface area (Å²) < 4.78 is 0. The van der Waals surface area contributed by atoms with E-state index in [2.05, 4.69) is 131 Å². The van der Waals surface area contributed by atoms with E-state index in [9.17, 15) is 0 Å². The van der Waals surface area contributed by atoms with Gasteiger partial charge in [-0.05, 0) is 59.2 Å². The van der Waals surface area contributed by atoms with Gasteiger partial charge in [-0.1, -0.05) is 85.0 Å². The lowest BCUT2D eigenvalue weighted by Crippen LogP contribution is -2.62. The van der Waals surface area contributed by atoms with Crippen molar-refractivity contribution in [3.63, 3.8) is 0 Å². The second-order valence-electron chi connectivity index (χ2n) is 8.92. The molecule has 3 heteroatoms. The van der Waals surface area contributed by atoms with Crippen LogP contribution in [-0.2, 0) is 0 Å². The third kappa shape index (κ3) is 2.69. The summed E-state index contributed by atoms with van der Waals surface area (Å²) in [5.41, 5.74) is 10.5. The Morgan fingerprint density at radius 3 is 2.06 bits per heavy atom. The summed E-state index contributed by atoms with van der Waals surface area (Å²) in [6.07, 6.45) is 9.97. The van der Waals surface area contributed by atoms with Crippen LogP contribution in [0.5, 0.6) is 0 Å². The highest BCUT2D eigenvalue weighted by Gasteiger charge is 2.43. The average molecular weight is 422 g/mol. The third-order valence-corrected chi connectivity index (χ3v) is 7.15. The molecule has 0 radical (unpaired) electrons. The number of allylic oxidation sites excluding steroid dienone is 2. The predicted molar refractivity (Wildman–Crippen MR) is 141 cm³/mol. The van der Waals surface area contributed by atoms with Crippen LogP contribution in [0, 0.1) is 0 Å². The summed E-state index contributed by atoms with van der Waals surface area (Å²) in [5.74, 6) is 0. The molecule has 0 N–H and O–H groups in total. The second kappa shape index (κ2) is 7.28. The van der Waals surface area contributed by atoms with Gasteiger partial charge >= 0.3 is 0 Å². The van der Waals surface area contributed by atoms with Crippen molar-refractivity contribution in [1.82, 2.24) is 0 Å². The van der Waals surface area contributed by atoms with Crippen molar-refractivity contribution in [1.29, 1.82) is 0 Å². The van der Waals surface area contributed by atoms with Gasteiger partial charge in [0.15, 0.2) is 0 Å². The molecular weight excluding hydrogens is 399 g/mol. The topological polar surface area (TPSA) is 6.48 Å². The molecule has 0 saturated heterocycles. The third-order valence-electron chi connectivity index (χ3n) is 7.15. The molecule has 4 aromatic rings. The number of hydrogen-bond donors (Lipinski definition) is 0. The van der Waals surface area contributed by atoms with Crippen LogP contribution >= 0.6 is 0 Å². The number of rotatable bonds is 2. The first kappa shape index (κ1) is 18.6. The Morgan fingerprint density at radius 2 is 1.27 bits per heavy atom. The second-order valence-corrected chi connectivity index (χ2v) is 8.92. The summed E-state index contributed by atoms with van der Waals surface area (Å²) in [6, 6.07) is 35.8. The van der Waals surface area contributed by atoms with Gasteiger partial charge in [-0.25, -0.2) is 0 Å². The zero-order valence-electron chi connectivity index (χ0n) is 18.3. The van der Waals surface area contributed by atoms with Crippen LogP contribution in [0.1, 0.15) is 6.42 Å². The minimum Gasteiger partial charge on any atom is -0.335 e. The number of hydrogen-bond acceptors (Lipinski definition) is 2. The van der Waals surface area contributed by atoms with E-state index in [0.29, 0.717) is 6.04 Å². The maximum Gasteiger partial charge on any atom is 0.252 e. The summed E-state index contributed by atoms with van der Waals surface area (Å²) in [4.78, 5) is 5.00. The molecule has 3 aliphatic rings. The molecule has 0 saturated carbocycles. The number of fused-ring (bicyclic) bond motifs is 4. The smallest absolute Gasteiger partial charge is 0.252 e. The molecule has 1 unspecified atom stereocenters. The zero-order valence-corrected chi connectivity index (χ0v) is 18.3. The summed E-state index contributed by atoms with van der Waals surface area (Å²) >= 11 is 0. The Hall–Kier alpha value is -3.98. The fraction of sp³-hybridized carbons (Fsp3) is 0.0667. The molecule has 0 fully saturated rings. The van der Waals surface area contributed by atoms with Crippen LogP contribution in [-0.4, -0.2) is 12.8 Å². The van der Waals surface area contributed by atoms with Gasteiger partial charge in [-0.2, -0.15) is 0 Å². The maximum atomic E-state index is 2.56. The van der Waals surface area contributed by atoms with E-state index < -0.39 is 0 Å². The van der Waals surface area contributed by atoms with E-state index in [1.54, 1.807) is 0 Å². The van der Waals surface area contributed by atoms with Gasteiger partial charge in [0.05, 0.1) is 6.04 Å². The van der Waals surface area contributed by atoms with Gasteiger partial charge in [0.1, 0.15) is 0 Å². The van der Waals surface area contributed by atoms with Crippen molar-refractivity contribution in [2.24, 2.45) is 0 Å². The van der Waals surface area contributed by atoms with Gasteiger partial charge in [0.25, 0.3) is 6.71 Å². The molecule has 4 aromatic carbocycles. The first-order valence-electron chi connectivity index (χ1n) is 11.7. The van der Waals surface area contributed by atoms with Gasteiger partial charge in [-0.15, -0.1) is 0 Å². The Balaban J connectivity index is 1.54. The van der Waals surface area contributed by atoms with Crippen LogP contribution in [0.2, 0.25) is 0 Å². The largest absolute Gasteiger partial charge is 0.335 e. The SMILES string of the molecule is C1=CCC(N2c3ccccc3B3c4ccccc4N(c4ccccc4)c4cccc2c43)C=C1. The molecule has 0 spiro atoms. The molecule has 7 rings (SSSR count). The van der Waals surface area contributed by atoms with Crippen molar-refractivity contribution in [2.75, 3.05) is 9.80 Å². The van der Waals surface area contributed by atoms with Gasteiger partial charge in [-0.3, -0.25) is 0 Å². The summed E-state index contributed by atoms with van der Waals surface area (Å²) in [6.45, 7) is 0.225. The Kier molecular flexibility index (Phi) is 4.10. The van der Waals surface area contributed by atoms with Crippen LogP contribution < -0.4 is 26.2 Å². The van der Waals surface area contributed by atoms with E-state index in [1.807, 2.05) is 0 Å². The van der Waals surface area contributed by atoms with Gasteiger partial charge in [0.2, 0.25) is 0 Å². The monoisotopic (exact) mass is 422 g/mol. The zero-order chi connectivity index (χ0) is 21.8. The fourth-order valence-corrected chi connectivity index (χ4v) is 5.84. The first-order valence-corrected chi connectivity index (χ1v) is 11.7. The van der Waals surface area contributed by atoms with Crippen LogP contribution in [0.25, 0.3) is 0 Å². The molecular formula is C30H23BN2. The standard InChI is InChI=1S/C30H23BN2/c1-3-12-22(13-4-1)32-26-18-9-7-16-24(26)31-25-17-8-10-19-27(25)33(23-14-5-2-6-15-23)29-21-11-20-28(32)30(29)31/h1-14,16-21,23H,15H2. The number of benzene rings is 4. The quantitative estimate of drug-likeness (QED) is 0.355. The van der Waals surface area contributed by atoms with Crippen LogP contribution in [0.3, 0.4) is 0 Å². The molecule has 0 aromatic heterocycles. The van der Waals surface area contributed by atoms with E-state index >= 15 is 0 Å². The molecule has 1 atom stereocenters. The molecule has 0 amide bonds.